The number of hydrogen-bond acceptors (Lipinski definition) is 9. The van der Waals surface area contributed by atoms with Crippen LogP contribution in [0.5, 0.6) is 17.4 Å². The van der Waals surface area contributed by atoms with Crippen molar-refractivity contribution in [2.75, 3.05) is 46.4 Å². The summed E-state index contributed by atoms with van der Waals surface area (Å²) in [5.41, 5.74) is 2.29. The van der Waals surface area contributed by atoms with E-state index in [1.54, 1.807) is 12.0 Å². The summed E-state index contributed by atoms with van der Waals surface area (Å²) in [6, 6.07) is 13.9. The Morgan fingerprint density at radius 1 is 1.02 bits per heavy atom. The first-order valence-electron chi connectivity index (χ1n) is 15.7. The van der Waals surface area contributed by atoms with E-state index in [-0.39, 0.29) is 11.7 Å². The van der Waals surface area contributed by atoms with Gasteiger partial charge < -0.3 is 28.4 Å². The van der Waals surface area contributed by atoms with Crippen LogP contribution in [0, 0.1) is 0 Å². The number of piperazine rings is 1. The van der Waals surface area contributed by atoms with Crippen LogP contribution in [0.25, 0.3) is 22.6 Å². The molecule has 1 saturated heterocycles. The minimum Gasteiger partial charge on any atom is -0.491 e. The molecule has 12 heteroatoms. The van der Waals surface area contributed by atoms with E-state index in [4.69, 9.17) is 35.5 Å². The van der Waals surface area contributed by atoms with Gasteiger partial charge >= 0.3 is 6.09 Å². The van der Waals surface area contributed by atoms with Gasteiger partial charge in [0, 0.05) is 38.3 Å². The van der Waals surface area contributed by atoms with Crippen LogP contribution in [0.2, 0.25) is 5.02 Å². The monoisotopic (exact) mass is 648 g/mol. The number of fused-ring (bicyclic) bond motifs is 1. The lowest BCUT2D eigenvalue weighted by atomic mass is 10.1. The molecule has 2 fully saturated rings. The lowest BCUT2D eigenvalue weighted by Crippen LogP contribution is -2.50. The van der Waals surface area contributed by atoms with Gasteiger partial charge in [-0.2, -0.15) is 4.98 Å². The van der Waals surface area contributed by atoms with Gasteiger partial charge in [-0.1, -0.05) is 41.9 Å². The number of hydrogen-bond donors (Lipinski definition) is 0. The van der Waals surface area contributed by atoms with E-state index in [9.17, 15) is 4.79 Å². The fourth-order valence-electron chi connectivity index (χ4n) is 5.40. The zero-order valence-corrected chi connectivity index (χ0v) is 27.8. The van der Waals surface area contributed by atoms with E-state index in [1.807, 2.05) is 55.7 Å². The molecular formula is C34H41ClN6O5. The van der Waals surface area contributed by atoms with Gasteiger partial charge in [0.15, 0.2) is 22.7 Å². The summed E-state index contributed by atoms with van der Waals surface area (Å²) in [4.78, 5) is 30.5. The highest BCUT2D eigenvalue weighted by Gasteiger charge is 2.41. The average Bonchev–Trinajstić information content (AvgIpc) is 3.64. The van der Waals surface area contributed by atoms with Crippen molar-refractivity contribution >= 4 is 28.9 Å². The molecule has 2 aromatic heterocycles. The summed E-state index contributed by atoms with van der Waals surface area (Å²) >= 11 is 7.04. The van der Waals surface area contributed by atoms with Crippen molar-refractivity contribution in [2.45, 2.75) is 58.3 Å². The van der Waals surface area contributed by atoms with Gasteiger partial charge in [0.1, 0.15) is 30.0 Å². The Hall–Kier alpha value is -4.09. The molecule has 1 amide bonds. The third-order valence-corrected chi connectivity index (χ3v) is 8.55. The quantitative estimate of drug-likeness (QED) is 0.203. The summed E-state index contributed by atoms with van der Waals surface area (Å²) in [7, 11) is 1.58. The number of rotatable bonds is 10. The normalized spacial score (nSPS) is 16.3. The maximum Gasteiger partial charge on any atom is 0.410 e. The minimum atomic E-state index is -0.507. The number of amides is 1. The third-order valence-electron chi connectivity index (χ3n) is 8.17. The molecule has 2 aliphatic rings. The first-order chi connectivity index (χ1) is 22.0. The minimum absolute atomic E-state index is 0.226. The molecule has 3 heterocycles. The SMILES string of the molecule is COc1c(OCCN2CCN(C(=O)OC(C)(C)C)CC2)ccc(-c2nc3c(OC4(C)CC4)ncnc3n2Cc2ccccc2)c1Cl. The van der Waals surface area contributed by atoms with E-state index in [1.165, 1.54) is 6.33 Å². The van der Waals surface area contributed by atoms with Gasteiger partial charge in [0.25, 0.3) is 0 Å². The van der Waals surface area contributed by atoms with E-state index < -0.39 is 5.60 Å². The Balaban J connectivity index is 1.21. The fraction of sp³-hybridized carbons (Fsp3) is 0.471. The van der Waals surface area contributed by atoms with Crippen molar-refractivity contribution in [1.82, 2.24) is 29.3 Å². The van der Waals surface area contributed by atoms with Crippen LogP contribution in [0.4, 0.5) is 4.79 Å². The number of halogens is 1. The van der Waals surface area contributed by atoms with Crippen molar-refractivity contribution < 1.29 is 23.7 Å². The lowest BCUT2D eigenvalue weighted by molar-refractivity contribution is 0.0136. The predicted molar refractivity (Wildman–Crippen MR) is 176 cm³/mol. The zero-order valence-electron chi connectivity index (χ0n) is 27.1. The second-order valence-electron chi connectivity index (χ2n) is 13.0. The molecule has 46 heavy (non-hydrogen) atoms. The summed E-state index contributed by atoms with van der Waals surface area (Å²) < 4.78 is 25.8. The van der Waals surface area contributed by atoms with Gasteiger partial charge in [-0.05, 0) is 58.2 Å². The lowest BCUT2D eigenvalue weighted by Gasteiger charge is -2.35. The number of ether oxygens (including phenoxy) is 4. The van der Waals surface area contributed by atoms with E-state index >= 15 is 0 Å². The summed E-state index contributed by atoms with van der Waals surface area (Å²) in [6.07, 6.45) is 3.20. The van der Waals surface area contributed by atoms with E-state index in [0.29, 0.717) is 77.7 Å². The highest BCUT2D eigenvalue weighted by Crippen LogP contribution is 2.44. The molecule has 0 spiro atoms. The third kappa shape index (κ3) is 7.15. The summed E-state index contributed by atoms with van der Waals surface area (Å²) in [6.45, 7) is 12.1. The molecular weight excluding hydrogens is 608 g/mol. The van der Waals surface area contributed by atoms with Crippen molar-refractivity contribution in [3.8, 4) is 28.8 Å². The fourth-order valence-corrected chi connectivity index (χ4v) is 5.72. The molecule has 1 saturated carbocycles. The highest BCUT2D eigenvalue weighted by molar-refractivity contribution is 6.35. The molecule has 2 aromatic carbocycles. The van der Waals surface area contributed by atoms with Crippen LogP contribution >= 0.6 is 11.6 Å². The standard InChI is InChI=1S/C34H41ClN6O5/c1-33(2,3)46-32(42)40-17-15-39(16-18-40)19-20-44-25-12-11-24(26(35)28(25)43-5)29-38-27-30(41(29)21-23-9-7-6-8-10-23)36-22-37-31(27)45-34(4)13-14-34/h6-12,22H,13-21H2,1-5H3. The maximum atomic E-state index is 12.4. The smallest absolute Gasteiger partial charge is 0.410 e. The van der Waals surface area contributed by atoms with Crippen LogP contribution in [0.15, 0.2) is 48.8 Å². The molecule has 1 aliphatic carbocycles. The van der Waals surface area contributed by atoms with Crippen LogP contribution < -0.4 is 14.2 Å². The summed E-state index contributed by atoms with van der Waals surface area (Å²) in [5, 5.41) is 0.389. The molecule has 0 unspecified atom stereocenters. The first-order valence-corrected chi connectivity index (χ1v) is 16.1. The Bertz CT molecular complexity index is 1690. The Kier molecular flexibility index (Phi) is 8.98. The van der Waals surface area contributed by atoms with Gasteiger partial charge in [-0.25, -0.2) is 14.8 Å². The van der Waals surface area contributed by atoms with Gasteiger partial charge in [0.05, 0.1) is 18.7 Å². The number of carbonyl (C=O) groups excluding carboxylic acids is 1. The number of benzene rings is 2. The largest absolute Gasteiger partial charge is 0.491 e. The molecule has 0 atom stereocenters. The van der Waals surface area contributed by atoms with Crippen molar-refractivity contribution in [3.63, 3.8) is 0 Å². The highest BCUT2D eigenvalue weighted by atomic mass is 35.5. The number of carbonyl (C=O) groups is 1. The number of aromatic nitrogens is 4. The number of nitrogens with zero attached hydrogens (tertiary/aromatic N) is 6. The Morgan fingerprint density at radius 3 is 2.43 bits per heavy atom. The topological polar surface area (TPSA) is 104 Å². The van der Waals surface area contributed by atoms with Gasteiger partial charge in [0.2, 0.25) is 5.88 Å². The second-order valence-corrected chi connectivity index (χ2v) is 13.4. The molecule has 0 N–H and O–H groups in total. The molecule has 244 valence electrons. The zero-order chi connectivity index (χ0) is 32.5. The first kappa shape index (κ1) is 31.9. The van der Waals surface area contributed by atoms with Crippen LogP contribution in [0.1, 0.15) is 46.1 Å². The van der Waals surface area contributed by atoms with Crippen LogP contribution in [-0.2, 0) is 11.3 Å². The van der Waals surface area contributed by atoms with Crippen LogP contribution in [-0.4, -0.2) is 93.1 Å². The molecule has 11 nitrogen and oxygen atoms in total. The van der Waals surface area contributed by atoms with E-state index in [0.717, 1.165) is 31.5 Å². The summed E-state index contributed by atoms with van der Waals surface area (Å²) in [5.74, 6) is 2.07. The molecule has 1 aliphatic heterocycles. The molecule has 4 aromatic rings. The Morgan fingerprint density at radius 2 is 1.76 bits per heavy atom. The van der Waals surface area contributed by atoms with Crippen molar-refractivity contribution in [1.29, 1.82) is 0 Å². The Labute approximate surface area is 274 Å². The molecule has 0 bridgehead atoms. The van der Waals surface area contributed by atoms with Gasteiger partial charge in [-0.3, -0.25) is 4.90 Å². The van der Waals surface area contributed by atoms with Crippen molar-refractivity contribution in [3.05, 3.63) is 59.4 Å². The van der Waals surface area contributed by atoms with Crippen LogP contribution in [0.3, 0.4) is 0 Å². The number of imidazole rings is 1. The number of methoxy groups -OCH3 is 1. The predicted octanol–water partition coefficient (Wildman–Crippen LogP) is 6.07. The average molecular weight is 649 g/mol. The van der Waals surface area contributed by atoms with Crippen molar-refractivity contribution in [2.24, 2.45) is 0 Å². The maximum absolute atomic E-state index is 12.4. The van der Waals surface area contributed by atoms with E-state index in [2.05, 4.69) is 33.9 Å². The molecule has 6 rings (SSSR count). The second kappa shape index (κ2) is 13.0. The molecule has 0 radical (unpaired) electrons. The van der Waals surface area contributed by atoms with Gasteiger partial charge in [-0.15, -0.1) is 0 Å².